The number of hydrogen-bond donors (Lipinski definition) is 1. The van der Waals surface area contributed by atoms with E-state index in [0.29, 0.717) is 28.8 Å². The van der Waals surface area contributed by atoms with Crippen molar-refractivity contribution < 1.29 is 4.79 Å². The maximum atomic E-state index is 13.1. The van der Waals surface area contributed by atoms with E-state index < -0.39 is 0 Å². The first-order valence-corrected chi connectivity index (χ1v) is 10.3. The monoisotopic (exact) mass is 400 g/mol. The summed E-state index contributed by atoms with van der Waals surface area (Å²) < 4.78 is 3.54. The van der Waals surface area contributed by atoms with Gasteiger partial charge in [-0.05, 0) is 61.4 Å². The van der Waals surface area contributed by atoms with E-state index in [-0.39, 0.29) is 23.5 Å². The van der Waals surface area contributed by atoms with Crippen molar-refractivity contribution in [2.75, 3.05) is 5.32 Å². The molecule has 150 valence electrons. The lowest BCUT2D eigenvalue weighted by Gasteiger charge is -2.12. The third-order valence-electron chi connectivity index (χ3n) is 5.80. The first-order chi connectivity index (χ1) is 14.7. The van der Waals surface area contributed by atoms with Crippen LogP contribution in [0.25, 0.3) is 16.6 Å². The molecule has 1 aromatic carbocycles. The Hall–Kier alpha value is -3.55. The van der Waals surface area contributed by atoms with Crippen LogP contribution < -0.4 is 10.7 Å². The van der Waals surface area contributed by atoms with Gasteiger partial charge in [0, 0.05) is 17.8 Å². The lowest BCUT2D eigenvalue weighted by Crippen LogP contribution is -2.25. The molecule has 0 bridgehead atoms. The standard InChI is InChI=1S/C22H20N6O2/c29-21(24-19-7-8-20-23-9-10-27(20)26-19)12-17-22(30)16-6-3-14(13-1-2-13)11-18(16)28(25-17)15-4-5-15/h3,6-11,13,15H,1-2,4-5,12H2,(H,24,26,29). The molecule has 6 rings (SSSR count). The number of rotatable bonds is 5. The Bertz CT molecular complexity index is 1360. The van der Waals surface area contributed by atoms with E-state index in [0.717, 1.165) is 18.4 Å². The minimum atomic E-state index is -0.317. The van der Waals surface area contributed by atoms with Crippen LogP contribution in [0.15, 0.2) is 47.5 Å². The third-order valence-corrected chi connectivity index (χ3v) is 5.80. The number of anilines is 1. The highest BCUT2D eigenvalue weighted by molar-refractivity contribution is 5.91. The fourth-order valence-corrected chi connectivity index (χ4v) is 3.92. The summed E-state index contributed by atoms with van der Waals surface area (Å²) in [5.74, 6) is 0.702. The van der Waals surface area contributed by atoms with Gasteiger partial charge < -0.3 is 5.32 Å². The molecule has 8 nitrogen and oxygen atoms in total. The van der Waals surface area contributed by atoms with Gasteiger partial charge in [0.15, 0.2) is 11.5 Å². The van der Waals surface area contributed by atoms with Crippen LogP contribution in [0, 0.1) is 0 Å². The number of hydrogen-bond acceptors (Lipinski definition) is 5. The van der Waals surface area contributed by atoms with Crippen molar-refractivity contribution in [3.05, 3.63) is 64.2 Å². The Morgan fingerprint density at radius 1 is 1.10 bits per heavy atom. The minimum Gasteiger partial charge on any atom is -0.309 e. The SMILES string of the molecule is O=C(Cc1nn(C2CC2)c2cc(C3CC3)ccc2c1=O)Nc1ccc2nccn2n1. The summed E-state index contributed by atoms with van der Waals surface area (Å²) >= 11 is 0. The highest BCUT2D eigenvalue weighted by Crippen LogP contribution is 2.42. The highest BCUT2D eigenvalue weighted by atomic mass is 16.2. The van der Waals surface area contributed by atoms with E-state index in [2.05, 4.69) is 26.6 Å². The molecule has 3 heterocycles. The first kappa shape index (κ1) is 17.3. The van der Waals surface area contributed by atoms with Gasteiger partial charge in [0.2, 0.25) is 11.3 Å². The number of carbonyl (C=O) groups excluding carboxylic acids is 1. The summed E-state index contributed by atoms with van der Waals surface area (Å²) in [5.41, 5.74) is 2.97. The molecule has 2 fully saturated rings. The minimum absolute atomic E-state index is 0.0878. The smallest absolute Gasteiger partial charge is 0.231 e. The maximum absolute atomic E-state index is 13.1. The van der Waals surface area contributed by atoms with Crippen LogP contribution in [0.5, 0.6) is 0 Å². The second-order valence-corrected chi connectivity index (χ2v) is 8.18. The third kappa shape index (κ3) is 3.04. The highest BCUT2D eigenvalue weighted by Gasteiger charge is 2.29. The molecule has 0 atom stereocenters. The summed E-state index contributed by atoms with van der Waals surface area (Å²) in [5, 5.41) is 12.3. The lowest BCUT2D eigenvalue weighted by atomic mass is 10.1. The Morgan fingerprint density at radius 2 is 1.97 bits per heavy atom. The molecule has 0 unspecified atom stereocenters. The first-order valence-electron chi connectivity index (χ1n) is 10.3. The molecular weight excluding hydrogens is 380 g/mol. The number of imidazole rings is 1. The van der Waals surface area contributed by atoms with Gasteiger partial charge in [-0.2, -0.15) is 5.10 Å². The fourth-order valence-electron chi connectivity index (χ4n) is 3.92. The van der Waals surface area contributed by atoms with Crippen molar-refractivity contribution >= 4 is 28.3 Å². The molecule has 2 saturated carbocycles. The molecule has 0 spiro atoms. The van der Waals surface area contributed by atoms with Crippen LogP contribution in [0.3, 0.4) is 0 Å². The lowest BCUT2D eigenvalue weighted by molar-refractivity contribution is -0.115. The number of nitrogens with one attached hydrogen (secondary N) is 1. The molecule has 2 aliphatic carbocycles. The number of fused-ring (bicyclic) bond motifs is 2. The van der Waals surface area contributed by atoms with E-state index in [1.807, 2.05) is 16.8 Å². The average Bonchev–Trinajstić information content (AvgIpc) is 3.67. The molecule has 8 heteroatoms. The summed E-state index contributed by atoms with van der Waals surface area (Å²) in [6, 6.07) is 9.85. The Labute approximate surface area is 171 Å². The van der Waals surface area contributed by atoms with Crippen molar-refractivity contribution in [1.82, 2.24) is 24.4 Å². The van der Waals surface area contributed by atoms with E-state index in [1.165, 1.54) is 18.4 Å². The molecule has 0 radical (unpaired) electrons. The number of aromatic nitrogens is 5. The topological polar surface area (TPSA) is 94.2 Å². The molecule has 3 aromatic heterocycles. The molecule has 1 amide bonds. The summed E-state index contributed by atoms with van der Waals surface area (Å²) in [6.45, 7) is 0. The van der Waals surface area contributed by atoms with Crippen molar-refractivity contribution in [2.45, 2.75) is 44.1 Å². The zero-order chi connectivity index (χ0) is 20.2. The van der Waals surface area contributed by atoms with Crippen LogP contribution in [-0.4, -0.2) is 30.3 Å². The molecule has 0 saturated heterocycles. The summed E-state index contributed by atoms with van der Waals surface area (Å²) in [6.07, 6.45) is 7.79. The van der Waals surface area contributed by atoms with Gasteiger partial charge in [-0.3, -0.25) is 14.3 Å². The van der Waals surface area contributed by atoms with Gasteiger partial charge in [-0.1, -0.05) is 6.07 Å². The molecule has 4 aromatic rings. The molecule has 2 aliphatic rings. The van der Waals surface area contributed by atoms with E-state index in [9.17, 15) is 9.59 Å². The fraction of sp³-hybridized carbons (Fsp3) is 0.318. The van der Waals surface area contributed by atoms with Crippen molar-refractivity contribution in [1.29, 1.82) is 0 Å². The Kier molecular flexibility index (Phi) is 3.74. The largest absolute Gasteiger partial charge is 0.309 e. The van der Waals surface area contributed by atoms with Crippen molar-refractivity contribution in [2.24, 2.45) is 0 Å². The van der Waals surface area contributed by atoms with Gasteiger partial charge >= 0.3 is 0 Å². The van der Waals surface area contributed by atoms with Crippen LogP contribution in [0.1, 0.15) is 48.9 Å². The molecule has 30 heavy (non-hydrogen) atoms. The quantitative estimate of drug-likeness (QED) is 0.556. The van der Waals surface area contributed by atoms with Crippen LogP contribution in [0.2, 0.25) is 0 Å². The molecule has 1 N–H and O–H groups in total. The maximum Gasteiger partial charge on any atom is 0.231 e. The second-order valence-electron chi connectivity index (χ2n) is 8.18. The predicted molar refractivity (Wildman–Crippen MR) is 112 cm³/mol. The number of benzene rings is 1. The normalized spacial score (nSPS) is 16.3. The number of amides is 1. The van der Waals surface area contributed by atoms with E-state index in [1.54, 1.807) is 29.0 Å². The predicted octanol–water partition coefficient (Wildman–Crippen LogP) is 2.83. The zero-order valence-electron chi connectivity index (χ0n) is 16.3. The van der Waals surface area contributed by atoms with Crippen LogP contribution in [-0.2, 0) is 11.2 Å². The van der Waals surface area contributed by atoms with Crippen LogP contribution >= 0.6 is 0 Å². The zero-order valence-corrected chi connectivity index (χ0v) is 16.3. The summed E-state index contributed by atoms with van der Waals surface area (Å²) in [7, 11) is 0. The van der Waals surface area contributed by atoms with E-state index >= 15 is 0 Å². The Balaban J connectivity index is 1.32. The summed E-state index contributed by atoms with van der Waals surface area (Å²) in [4.78, 5) is 29.8. The Morgan fingerprint density at radius 3 is 2.77 bits per heavy atom. The van der Waals surface area contributed by atoms with Gasteiger partial charge in [0.05, 0.1) is 18.0 Å². The van der Waals surface area contributed by atoms with Gasteiger partial charge in [-0.25, -0.2) is 9.50 Å². The van der Waals surface area contributed by atoms with Crippen molar-refractivity contribution in [3.8, 4) is 0 Å². The number of carbonyl (C=O) groups is 1. The van der Waals surface area contributed by atoms with Gasteiger partial charge in [-0.15, -0.1) is 5.10 Å². The van der Waals surface area contributed by atoms with Crippen LogP contribution in [0.4, 0.5) is 5.82 Å². The van der Waals surface area contributed by atoms with Gasteiger partial charge in [0.25, 0.3) is 0 Å². The van der Waals surface area contributed by atoms with Crippen molar-refractivity contribution in [3.63, 3.8) is 0 Å². The average molecular weight is 400 g/mol. The second kappa shape index (κ2) is 6.48. The van der Waals surface area contributed by atoms with E-state index in [4.69, 9.17) is 0 Å². The van der Waals surface area contributed by atoms with Gasteiger partial charge in [0.1, 0.15) is 5.69 Å². The molecule has 0 aliphatic heterocycles. The number of nitrogens with zero attached hydrogens (tertiary/aromatic N) is 5. The molecular formula is C22H20N6O2.